The van der Waals surface area contributed by atoms with Crippen molar-refractivity contribution in [1.29, 1.82) is 0 Å². The molecule has 1 amide bonds. The van der Waals surface area contributed by atoms with Gasteiger partial charge in [0, 0.05) is 32.7 Å². The van der Waals surface area contributed by atoms with Gasteiger partial charge in [-0.3, -0.25) is 9.69 Å². The minimum atomic E-state index is 0.0358. The summed E-state index contributed by atoms with van der Waals surface area (Å²) in [4.78, 5) is 18.9. The number of thiophene rings is 1. The van der Waals surface area contributed by atoms with Crippen molar-refractivity contribution in [2.75, 3.05) is 32.7 Å². The van der Waals surface area contributed by atoms with Crippen molar-refractivity contribution >= 4 is 23.3 Å². The van der Waals surface area contributed by atoms with Crippen molar-refractivity contribution in [3.8, 4) is 16.3 Å². The van der Waals surface area contributed by atoms with Crippen LogP contribution in [-0.4, -0.2) is 58.2 Å². The van der Waals surface area contributed by atoms with Gasteiger partial charge in [0.05, 0.1) is 10.6 Å². The second-order valence-corrected chi connectivity index (χ2v) is 8.99. The number of aromatic nitrogens is 2. The highest BCUT2D eigenvalue weighted by Crippen LogP contribution is 2.26. The van der Waals surface area contributed by atoms with E-state index in [1.807, 2.05) is 77.0 Å². The monoisotopic (exact) mass is 454 g/mol. The topological polar surface area (TPSA) is 41.4 Å². The van der Waals surface area contributed by atoms with Gasteiger partial charge in [-0.15, -0.1) is 11.3 Å². The van der Waals surface area contributed by atoms with Crippen LogP contribution >= 0.6 is 11.3 Å². The third-order valence-corrected chi connectivity index (χ3v) is 6.73. The summed E-state index contributed by atoms with van der Waals surface area (Å²) in [7, 11) is 0. The van der Waals surface area contributed by atoms with E-state index in [4.69, 9.17) is 5.10 Å². The van der Waals surface area contributed by atoms with E-state index >= 15 is 0 Å². The Kier molecular flexibility index (Phi) is 6.46. The maximum atomic E-state index is 13.5. The first-order valence-corrected chi connectivity index (χ1v) is 12.1. The molecule has 4 aromatic rings. The molecule has 3 heterocycles. The maximum Gasteiger partial charge on any atom is 0.272 e. The summed E-state index contributed by atoms with van der Waals surface area (Å²) in [5.41, 5.74) is 3.55. The fourth-order valence-corrected chi connectivity index (χ4v) is 4.72. The largest absolute Gasteiger partial charge is 0.335 e. The Balaban J connectivity index is 1.28. The molecule has 1 fully saturated rings. The molecule has 0 atom stereocenters. The van der Waals surface area contributed by atoms with Crippen molar-refractivity contribution in [1.82, 2.24) is 19.6 Å². The SMILES string of the molecule is O=C(c1cc(-c2cccs2)nn1-c1ccccc1)N1CCN(CC=Cc2ccccc2)CC1. The highest BCUT2D eigenvalue weighted by Gasteiger charge is 2.26. The average Bonchev–Trinajstić information content (AvgIpc) is 3.56. The first-order chi connectivity index (χ1) is 16.3. The maximum absolute atomic E-state index is 13.5. The van der Waals surface area contributed by atoms with Crippen molar-refractivity contribution in [3.63, 3.8) is 0 Å². The summed E-state index contributed by atoms with van der Waals surface area (Å²) < 4.78 is 1.78. The van der Waals surface area contributed by atoms with E-state index < -0.39 is 0 Å². The zero-order valence-corrected chi connectivity index (χ0v) is 19.2. The number of piperazine rings is 1. The van der Waals surface area contributed by atoms with Crippen molar-refractivity contribution < 1.29 is 4.79 Å². The highest BCUT2D eigenvalue weighted by atomic mass is 32.1. The lowest BCUT2D eigenvalue weighted by molar-refractivity contribution is 0.0641. The number of nitrogens with zero attached hydrogens (tertiary/aromatic N) is 4. The van der Waals surface area contributed by atoms with Crippen LogP contribution in [0.4, 0.5) is 0 Å². The normalized spacial score (nSPS) is 14.7. The van der Waals surface area contributed by atoms with Gasteiger partial charge in [-0.05, 0) is 35.2 Å². The molecule has 166 valence electrons. The minimum absolute atomic E-state index is 0.0358. The Morgan fingerprint density at radius 2 is 1.64 bits per heavy atom. The van der Waals surface area contributed by atoms with E-state index in [0.717, 1.165) is 35.9 Å². The van der Waals surface area contributed by atoms with Crippen molar-refractivity contribution in [2.45, 2.75) is 0 Å². The van der Waals surface area contributed by atoms with Crippen LogP contribution in [0.3, 0.4) is 0 Å². The molecule has 5 rings (SSSR count). The Morgan fingerprint density at radius 3 is 2.33 bits per heavy atom. The van der Waals surface area contributed by atoms with Gasteiger partial charge in [-0.25, -0.2) is 4.68 Å². The molecule has 1 aliphatic rings. The first-order valence-electron chi connectivity index (χ1n) is 11.2. The van der Waals surface area contributed by atoms with Gasteiger partial charge in [0.2, 0.25) is 0 Å². The zero-order valence-electron chi connectivity index (χ0n) is 18.4. The smallest absolute Gasteiger partial charge is 0.272 e. The average molecular weight is 455 g/mol. The van der Waals surface area contributed by atoms with Gasteiger partial charge in [0.1, 0.15) is 11.4 Å². The summed E-state index contributed by atoms with van der Waals surface area (Å²) in [5, 5.41) is 6.81. The van der Waals surface area contributed by atoms with E-state index in [1.165, 1.54) is 5.56 Å². The van der Waals surface area contributed by atoms with E-state index in [0.29, 0.717) is 18.8 Å². The number of hydrogen-bond acceptors (Lipinski definition) is 4. The summed E-state index contributed by atoms with van der Waals surface area (Å²) in [6, 6.07) is 26.2. The van der Waals surface area contributed by atoms with Crippen LogP contribution in [0.2, 0.25) is 0 Å². The van der Waals surface area contributed by atoms with E-state index in [1.54, 1.807) is 16.0 Å². The lowest BCUT2D eigenvalue weighted by Crippen LogP contribution is -2.49. The summed E-state index contributed by atoms with van der Waals surface area (Å²) >= 11 is 1.63. The molecule has 33 heavy (non-hydrogen) atoms. The number of para-hydroxylation sites is 1. The second-order valence-electron chi connectivity index (χ2n) is 8.05. The van der Waals surface area contributed by atoms with Gasteiger partial charge in [-0.2, -0.15) is 5.10 Å². The zero-order chi connectivity index (χ0) is 22.5. The fourth-order valence-electron chi connectivity index (χ4n) is 4.04. The summed E-state index contributed by atoms with van der Waals surface area (Å²) in [6.07, 6.45) is 4.35. The molecule has 1 aliphatic heterocycles. The number of carbonyl (C=O) groups excluding carboxylic acids is 1. The molecule has 0 unspecified atom stereocenters. The molecule has 0 N–H and O–H groups in total. The molecule has 5 nitrogen and oxygen atoms in total. The van der Waals surface area contributed by atoms with E-state index in [2.05, 4.69) is 29.2 Å². The molecular weight excluding hydrogens is 428 g/mol. The summed E-state index contributed by atoms with van der Waals surface area (Å²) in [6.45, 7) is 4.05. The molecule has 2 aromatic heterocycles. The molecule has 0 saturated carbocycles. The lowest BCUT2D eigenvalue weighted by atomic mass is 10.2. The summed E-state index contributed by atoms with van der Waals surface area (Å²) in [5.74, 6) is 0.0358. The Labute approximate surface area is 198 Å². The predicted molar refractivity (Wildman–Crippen MR) is 135 cm³/mol. The van der Waals surface area contributed by atoms with Gasteiger partial charge >= 0.3 is 0 Å². The van der Waals surface area contributed by atoms with Crippen LogP contribution < -0.4 is 0 Å². The van der Waals surface area contributed by atoms with E-state index in [-0.39, 0.29) is 5.91 Å². The Bertz CT molecular complexity index is 1210. The van der Waals surface area contributed by atoms with Gasteiger partial charge in [0.15, 0.2) is 0 Å². The number of amides is 1. The van der Waals surface area contributed by atoms with Crippen LogP contribution in [0.1, 0.15) is 16.1 Å². The molecule has 6 heteroatoms. The minimum Gasteiger partial charge on any atom is -0.335 e. The number of benzene rings is 2. The van der Waals surface area contributed by atoms with Crippen LogP contribution in [0.5, 0.6) is 0 Å². The fraction of sp³-hybridized carbons (Fsp3) is 0.185. The quantitative estimate of drug-likeness (QED) is 0.408. The van der Waals surface area contributed by atoms with Gasteiger partial charge in [-0.1, -0.05) is 66.7 Å². The van der Waals surface area contributed by atoms with Crippen molar-refractivity contribution in [2.24, 2.45) is 0 Å². The van der Waals surface area contributed by atoms with Crippen LogP contribution in [-0.2, 0) is 0 Å². The van der Waals surface area contributed by atoms with Crippen molar-refractivity contribution in [3.05, 3.63) is 102 Å². The van der Waals surface area contributed by atoms with Gasteiger partial charge in [0.25, 0.3) is 5.91 Å². The lowest BCUT2D eigenvalue weighted by Gasteiger charge is -2.34. The third-order valence-electron chi connectivity index (χ3n) is 5.84. The third kappa shape index (κ3) is 4.97. The van der Waals surface area contributed by atoms with E-state index in [9.17, 15) is 4.79 Å². The number of hydrogen-bond donors (Lipinski definition) is 0. The molecular formula is C27H26N4OS. The predicted octanol–water partition coefficient (Wildman–Crippen LogP) is 5.07. The van der Waals surface area contributed by atoms with Crippen LogP contribution in [0, 0.1) is 0 Å². The highest BCUT2D eigenvalue weighted by molar-refractivity contribution is 7.13. The molecule has 1 saturated heterocycles. The second kappa shape index (κ2) is 9.98. The van der Waals surface area contributed by atoms with Gasteiger partial charge < -0.3 is 4.90 Å². The Morgan fingerprint density at radius 1 is 0.909 bits per heavy atom. The van der Waals surface area contributed by atoms with Crippen LogP contribution in [0.25, 0.3) is 22.3 Å². The Hall–Kier alpha value is -3.48. The standard InChI is InChI=1S/C27H26N4OS/c32-27(30-18-16-29(17-19-30)15-7-11-22-9-3-1-4-10-22)25-21-24(26-14-8-20-33-26)28-31(25)23-12-5-2-6-13-23/h1-14,20-21H,15-19H2. The number of carbonyl (C=O) groups is 1. The molecule has 0 radical (unpaired) electrons. The molecule has 0 spiro atoms. The molecule has 2 aromatic carbocycles. The van der Waals surface area contributed by atoms with Crippen LogP contribution in [0.15, 0.2) is 90.3 Å². The molecule has 0 aliphatic carbocycles. The number of rotatable bonds is 6. The molecule has 0 bridgehead atoms. The first kappa shape index (κ1) is 21.4.